The Morgan fingerprint density at radius 2 is 1.88 bits per heavy atom. The Morgan fingerprint density at radius 1 is 1.24 bits per heavy atom. The Kier molecular flexibility index (Phi) is 5.25. The minimum absolute atomic E-state index is 0.0983. The normalized spacial score (nSPS) is 12.7. The van der Waals surface area contributed by atoms with Crippen LogP contribution < -0.4 is 5.32 Å². The molecule has 0 bridgehead atoms. The largest absolute Gasteiger partial charge is 0.312 e. The summed E-state index contributed by atoms with van der Waals surface area (Å²) in [5, 5.41) is 3.55. The molecule has 0 aliphatic rings. The molecular formula is C16H23N. The van der Waals surface area contributed by atoms with Crippen LogP contribution in [0.3, 0.4) is 0 Å². The highest BCUT2D eigenvalue weighted by atomic mass is 14.9. The molecular weight excluding hydrogens is 206 g/mol. The molecule has 1 N–H and O–H groups in total. The van der Waals surface area contributed by atoms with Crippen LogP contribution in [0.1, 0.15) is 39.7 Å². The minimum atomic E-state index is 0.0983. The van der Waals surface area contributed by atoms with E-state index in [1.165, 1.54) is 5.56 Å². The summed E-state index contributed by atoms with van der Waals surface area (Å²) in [5.41, 5.74) is 1.46. The van der Waals surface area contributed by atoms with Crippen LogP contribution in [0.5, 0.6) is 0 Å². The van der Waals surface area contributed by atoms with Gasteiger partial charge in [-0.25, -0.2) is 0 Å². The summed E-state index contributed by atoms with van der Waals surface area (Å²) in [4.78, 5) is 0. The van der Waals surface area contributed by atoms with E-state index in [2.05, 4.69) is 68.3 Å². The lowest BCUT2D eigenvalue weighted by Crippen LogP contribution is -2.44. The van der Waals surface area contributed by atoms with Crippen molar-refractivity contribution in [3.05, 3.63) is 35.9 Å². The van der Waals surface area contributed by atoms with Crippen LogP contribution in [-0.4, -0.2) is 12.6 Å². The van der Waals surface area contributed by atoms with Crippen molar-refractivity contribution in [3.8, 4) is 11.8 Å². The summed E-state index contributed by atoms with van der Waals surface area (Å²) < 4.78 is 0. The Bertz CT molecular complexity index is 381. The maximum atomic E-state index is 3.55. The van der Waals surface area contributed by atoms with Gasteiger partial charge in [0, 0.05) is 17.9 Å². The third-order valence-electron chi connectivity index (χ3n) is 3.32. The fourth-order valence-corrected chi connectivity index (χ4v) is 2.10. The van der Waals surface area contributed by atoms with E-state index < -0.39 is 0 Å². The zero-order valence-electron chi connectivity index (χ0n) is 11.4. The fraction of sp³-hybridized carbons (Fsp3) is 0.500. The van der Waals surface area contributed by atoms with E-state index in [0.29, 0.717) is 6.04 Å². The first kappa shape index (κ1) is 13.8. The molecule has 0 saturated heterocycles. The Hall–Kier alpha value is -1.26. The summed E-state index contributed by atoms with van der Waals surface area (Å²) in [7, 11) is 0. The third kappa shape index (κ3) is 3.61. The van der Waals surface area contributed by atoms with Gasteiger partial charge in [-0.15, -0.1) is 11.8 Å². The van der Waals surface area contributed by atoms with Gasteiger partial charge in [0.05, 0.1) is 0 Å². The zero-order chi connectivity index (χ0) is 12.7. The topological polar surface area (TPSA) is 12.0 Å². The molecule has 0 aliphatic carbocycles. The minimum Gasteiger partial charge on any atom is -0.312 e. The van der Waals surface area contributed by atoms with Crippen molar-refractivity contribution in [1.29, 1.82) is 0 Å². The van der Waals surface area contributed by atoms with Gasteiger partial charge in [-0.1, -0.05) is 51.1 Å². The molecule has 0 amide bonds. The van der Waals surface area contributed by atoms with Crippen molar-refractivity contribution in [2.24, 2.45) is 0 Å². The number of likely N-dealkylation sites (N-methyl/N-ethyl adjacent to an activating group) is 1. The van der Waals surface area contributed by atoms with E-state index in [1.54, 1.807) is 0 Å². The monoisotopic (exact) mass is 229 g/mol. The van der Waals surface area contributed by atoms with E-state index in [-0.39, 0.29) is 5.41 Å². The van der Waals surface area contributed by atoms with Gasteiger partial charge in [0.15, 0.2) is 0 Å². The Morgan fingerprint density at radius 3 is 2.41 bits per heavy atom. The molecule has 0 saturated carbocycles. The molecule has 0 spiro atoms. The lowest BCUT2D eigenvalue weighted by Gasteiger charge is -2.34. The molecule has 0 radical (unpaired) electrons. The smallest absolute Gasteiger partial charge is 0.0268 e. The van der Waals surface area contributed by atoms with Crippen LogP contribution in [-0.2, 0) is 5.41 Å². The molecule has 1 nitrogen and oxygen atoms in total. The lowest BCUT2D eigenvalue weighted by molar-refractivity contribution is 0.350. The van der Waals surface area contributed by atoms with E-state index in [9.17, 15) is 0 Å². The fourth-order valence-electron chi connectivity index (χ4n) is 2.10. The first-order chi connectivity index (χ1) is 8.12. The molecule has 0 fully saturated rings. The molecule has 17 heavy (non-hydrogen) atoms. The average Bonchev–Trinajstić information content (AvgIpc) is 2.35. The molecule has 1 aromatic rings. The van der Waals surface area contributed by atoms with Crippen molar-refractivity contribution < 1.29 is 0 Å². The highest BCUT2D eigenvalue weighted by Crippen LogP contribution is 2.28. The zero-order valence-corrected chi connectivity index (χ0v) is 11.4. The number of hydrogen-bond acceptors (Lipinski definition) is 1. The van der Waals surface area contributed by atoms with Crippen LogP contribution in [0.2, 0.25) is 0 Å². The lowest BCUT2D eigenvalue weighted by atomic mass is 9.76. The van der Waals surface area contributed by atoms with Crippen LogP contribution in [0.15, 0.2) is 30.3 Å². The number of benzene rings is 1. The second kappa shape index (κ2) is 6.47. The summed E-state index contributed by atoms with van der Waals surface area (Å²) in [5.74, 6) is 6.19. The first-order valence-electron chi connectivity index (χ1n) is 6.31. The summed E-state index contributed by atoms with van der Waals surface area (Å²) >= 11 is 0. The predicted molar refractivity (Wildman–Crippen MR) is 75.0 cm³/mol. The predicted octanol–water partition coefficient (Wildman–Crippen LogP) is 3.36. The van der Waals surface area contributed by atoms with Crippen molar-refractivity contribution >= 4 is 0 Å². The van der Waals surface area contributed by atoms with E-state index >= 15 is 0 Å². The van der Waals surface area contributed by atoms with E-state index in [1.807, 2.05) is 6.92 Å². The molecule has 1 atom stereocenters. The van der Waals surface area contributed by atoms with Crippen molar-refractivity contribution in [2.45, 2.75) is 45.6 Å². The molecule has 0 aliphatic heterocycles. The van der Waals surface area contributed by atoms with E-state index in [0.717, 1.165) is 13.0 Å². The summed E-state index contributed by atoms with van der Waals surface area (Å²) in [6.45, 7) is 9.60. The third-order valence-corrected chi connectivity index (χ3v) is 3.32. The Labute approximate surface area is 106 Å². The number of nitrogens with one attached hydrogen (secondary N) is 1. The van der Waals surface area contributed by atoms with E-state index in [4.69, 9.17) is 0 Å². The van der Waals surface area contributed by atoms with Crippen LogP contribution in [0.25, 0.3) is 0 Å². The molecule has 1 unspecified atom stereocenters. The highest BCUT2D eigenvalue weighted by molar-refractivity contribution is 5.26. The quantitative estimate of drug-likeness (QED) is 0.763. The molecule has 1 heteroatoms. The molecule has 0 heterocycles. The molecule has 0 aromatic heterocycles. The molecule has 1 aromatic carbocycles. The molecule has 92 valence electrons. The van der Waals surface area contributed by atoms with Crippen LogP contribution >= 0.6 is 0 Å². The highest BCUT2D eigenvalue weighted by Gasteiger charge is 2.29. The van der Waals surface area contributed by atoms with Crippen LogP contribution in [0.4, 0.5) is 0 Å². The average molecular weight is 229 g/mol. The van der Waals surface area contributed by atoms with Gasteiger partial charge >= 0.3 is 0 Å². The van der Waals surface area contributed by atoms with Crippen molar-refractivity contribution in [2.75, 3.05) is 6.54 Å². The van der Waals surface area contributed by atoms with Gasteiger partial charge in [-0.05, 0) is 19.0 Å². The van der Waals surface area contributed by atoms with Gasteiger partial charge in [0.2, 0.25) is 0 Å². The summed E-state index contributed by atoms with van der Waals surface area (Å²) in [6.07, 6.45) is 0.895. The van der Waals surface area contributed by atoms with Gasteiger partial charge in [0.1, 0.15) is 0 Å². The standard InChI is InChI=1S/C16H23N/c1-5-7-13-15(17-6-2)16(3,4)14-11-9-8-10-12-14/h8-12,15,17H,6,13H2,1-4H3. The maximum Gasteiger partial charge on any atom is 0.0268 e. The first-order valence-corrected chi connectivity index (χ1v) is 6.31. The van der Waals surface area contributed by atoms with Gasteiger partial charge in [-0.3, -0.25) is 0 Å². The van der Waals surface area contributed by atoms with Crippen molar-refractivity contribution in [1.82, 2.24) is 5.32 Å². The number of rotatable bonds is 5. The second-order valence-corrected chi connectivity index (χ2v) is 4.83. The number of hydrogen-bond donors (Lipinski definition) is 1. The Balaban J connectivity index is 2.93. The summed E-state index contributed by atoms with van der Waals surface area (Å²) in [6, 6.07) is 11.1. The second-order valence-electron chi connectivity index (χ2n) is 4.83. The van der Waals surface area contributed by atoms with Gasteiger partial charge < -0.3 is 5.32 Å². The van der Waals surface area contributed by atoms with Gasteiger partial charge in [-0.2, -0.15) is 0 Å². The van der Waals surface area contributed by atoms with Gasteiger partial charge in [0.25, 0.3) is 0 Å². The SMILES string of the molecule is CC#CCC(NCC)C(C)(C)c1ccccc1. The maximum absolute atomic E-state index is 3.55. The molecule has 1 rings (SSSR count). The van der Waals surface area contributed by atoms with Crippen molar-refractivity contribution in [3.63, 3.8) is 0 Å². The van der Waals surface area contributed by atoms with Crippen LogP contribution in [0, 0.1) is 11.8 Å².